The Kier molecular flexibility index (Phi) is 4.08. The molecule has 0 heterocycles. The van der Waals surface area contributed by atoms with Crippen LogP contribution in [0.25, 0.3) is 0 Å². The van der Waals surface area contributed by atoms with Crippen molar-refractivity contribution in [2.45, 2.75) is 4.90 Å². The van der Waals surface area contributed by atoms with E-state index in [1.165, 1.54) is 18.2 Å². The van der Waals surface area contributed by atoms with Crippen LogP contribution in [0.3, 0.4) is 0 Å². The van der Waals surface area contributed by atoms with Gasteiger partial charge in [-0.05, 0) is 30.3 Å². The molecule has 106 valence electrons. The zero-order valence-electron chi connectivity index (χ0n) is 9.90. The lowest BCUT2D eigenvalue weighted by Gasteiger charge is -2.12. The second kappa shape index (κ2) is 5.47. The molecule has 20 heavy (non-hydrogen) atoms. The second-order valence-electron chi connectivity index (χ2n) is 3.89. The van der Waals surface area contributed by atoms with E-state index in [4.69, 9.17) is 28.9 Å². The predicted octanol–water partition coefficient (Wildman–Crippen LogP) is 3.52. The number of anilines is 2. The van der Waals surface area contributed by atoms with Crippen molar-refractivity contribution >= 4 is 44.6 Å². The Morgan fingerprint density at radius 2 is 1.70 bits per heavy atom. The van der Waals surface area contributed by atoms with E-state index in [9.17, 15) is 12.8 Å². The normalized spacial score (nSPS) is 11.3. The molecule has 2 aromatic rings. The van der Waals surface area contributed by atoms with Gasteiger partial charge in [0.05, 0.1) is 15.7 Å². The van der Waals surface area contributed by atoms with E-state index in [1.54, 1.807) is 6.07 Å². The molecular formula is C12H9Cl2FN2O2S. The molecule has 0 saturated carbocycles. The topological polar surface area (TPSA) is 72.2 Å². The van der Waals surface area contributed by atoms with Gasteiger partial charge in [0.25, 0.3) is 10.0 Å². The van der Waals surface area contributed by atoms with E-state index >= 15 is 0 Å². The van der Waals surface area contributed by atoms with Crippen LogP contribution in [-0.4, -0.2) is 8.42 Å². The van der Waals surface area contributed by atoms with Crippen LogP contribution in [0.15, 0.2) is 41.3 Å². The van der Waals surface area contributed by atoms with E-state index in [1.807, 2.05) is 0 Å². The summed E-state index contributed by atoms with van der Waals surface area (Å²) in [5, 5.41) is 0.204. The highest BCUT2D eigenvalue weighted by Gasteiger charge is 2.21. The zero-order valence-corrected chi connectivity index (χ0v) is 12.2. The third kappa shape index (κ3) is 2.98. The first-order chi connectivity index (χ1) is 9.31. The molecule has 0 aromatic heterocycles. The maximum atomic E-state index is 13.6. The lowest BCUT2D eigenvalue weighted by molar-refractivity contribution is 0.570. The maximum Gasteiger partial charge on any atom is 0.264 e. The molecule has 2 rings (SSSR count). The fourth-order valence-electron chi connectivity index (χ4n) is 1.51. The summed E-state index contributed by atoms with van der Waals surface area (Å²) in [5.41, 5.74) is 5.57. The summed E-state index contributed by atoms with van der Waals surface area (Å²) in [6.45, 7) is 0. The molecule has 0 bridgehead atoms. The number of para-hydroxylation sites is 1. The van der Waals surface area contributed by atoms with Crippen molar-refractivity contribution in [2.24, 2.45) is 0 Å². The van der Waals surface area contributed by atoms with Crippen molar-refractivity contribution in [1.82, 2.24) is 0 Å². The van der Waals surface area contributed by atoms with Crippen LogP contribution in [0.1, 0.15) is 0 Å². The predicted molar refractivity (Wildman–Crippen MR) is 78.1 cm³/mol. The number of nitrogens with two attached hydrogens (primary N) is 1. The van der Waals surface area contributed by atoms with Crippen LogP contribution in [-0.2, 0) is 10.0 Å². The number of nitrogens with one attached hydrogen (secondary N) is 1. The van der Waals surface area contributed by atoms with Crippen LogP contribution in [0.4, 0.5) is 15.8 Å². The number of nitrogen functional groups attached to an aromatic ring is 1. The number of halogens is 3. The third-order valence-corrected chi connectivity index (χ3v) is 4.44. The summed E-state index contributed by atoms with van der Waals surface area (Å²) >= 11 is 11.7. The van der Waals surface area contributed by atoms with E-state index < -0.39 is 20.7 Å². The lowest BCUT2D eigenvalue weighted by atomic mass is 10.3. The lowest BCUT2D eigenvalue weighted by Crippen LogP contribution is -2.15. The SMILES string of the molecule is Nc1ccc(F)c(S(=O)(=O)Nc2c(Cl)cccc2Cl)c1. The summed E-state index contributed by atoms with van der Waals surface area (Å²) in [4.78, 5) is -0.575. The highest BCUT2D eigenvalue weighted by atomic mass is 35.5. The fraction of sp³-hybridized carbons (Fsp3) is 0. The highest BCUT2D eigenvalue weighted by molar-refractivity contribution is 7.92. The number of rotatable bonds is 3. The van der Waals surface area contributed by atoms with Gasteiger partial charge < -0.3 is 5.73 Å². The average molecular weight is 335 g/mol. The third-order valence-electron chi connectivity index (χ3n) is 2.44. The molecule has 3 N–H and O–H groups in total. The first-order valence-corrected chi connectivity index (χ1v) is 7.57. The molecule has 0 saturated heterocycles. The molecule has 0 aliphatic carbocycles. The monoisotopic (exact) mass is 334 g/mol. The van der Waals surface area contributed by atoms with Gasteiger partial charge in [-0.2, -0.15) is 0 Å². The van der Waals surface area contributed by atoms with Crippen molar-refractivity contribution in [3.63, 3.8) is 0 Å². The molecule has 0 amide bonds. The molecule has 8 heteroatoms. The Balaban J connectivity index is 2.49. The molecular weight excluding hydrogens is 326 g/mol. The van der Waals surface area contributed by atoms with Crippen molar-refractivity contribution in [3.8, 4) is 0 Å². The second-order valence-corrected chi connectivity index (χ2v) is 6.36. The minimum Gasteiger partial charge on any atom is -0.399 e. The quantitative estimate of drug-likeness (QED) is 0.843. The average Bonchev–Trinajstić information content (AvgIpc) is 2.37. The van der Waals surface area contributed by atoms with Crippen LogP contribution >= 0.6 is 23.2 Å². The van der Waals surface area contributed by atoms with Crippen molar-refractivity contribution in [1.29, 1.82) is 0 Å². The number of sulfonamides is 1. The van der Waals surface area contributed by atoms with E-state index in [2.05, 4.69) is 4.72 Å². The van der Waals surface area contributed by atoms with Crippen molar-refractivity contribution < 1.29 is 12.8 Å². The Morgan fingerprint density at radius 3 is 2.30 bits per heavy atom. The minimum atomic E-state index is -4.19. The Hall–Kier alpha value is -1.50. The zero-order chi connectivity index (χ0) is 14.9. The molecule has 0 radical (unpaired) electrons. The van der Waals surface area contributed by atoms with Crippen molar-refractivity contribution in [2.75, 3.05) is 10.5 Å². The first kappa shape index (κ1) is 14.9. The van der Waals surface area contributed by atoms with E-state index in [0.29, 0.717) is 0 Å². The molecule has 0 aliphatic rings. The van der Waals surface area contributed by atoms with Crippen LogP contribution in [0.5, 0.6) is 0 Å². The standard InChI is InChI=1S/C12H9Cl2FN2O2S/c13-8-2-1-3-9(14)12(8)17-20(18,19)11-6-7(16)4-5-10(11)15/h1-6,17H,16H2. The van der Waals surface area contributed by atoms with E-state index in [0.717, 1.165) is 12.1 Å². The number of hydrogen-bond donors (Lipinski definition) is 2. The number of benzene rings is 2. The summed E-state index contributed by atoms with van der Waals surface area (Å²) < 4.78 is 40.1. The summed E-state index contributed by atoms with van der Waals surface area (Å²) in [6, 6.07) is 7.73. The Bertz CT molecular complexity index is 746. The van der Waals surface area contributed by atoms with Crippen molar-refractivity contribution in [3.05, 3.63) is 52.3 Å². The van der Waals surface area contributed by atoms with Gasteiger partial charge in [-0.3, -0.25) is 4.72 Å². The smallest absolute Gasteiger partial charge is 0.264 e. The molecule has 0 aliphatic heterocycles. The molecule has 0 spiro atoms. The van der Waals surface area contributed by atoms with Gasteiger partial charge in [-0.25, -0.2) is 12.8 Å². The van der Waals surface area contributed by atoms with Crippen LogP contribution < -0.4 is 10.5 Å². The van der Waals surface area contributed by atoms with Crippen LogP contribution in [0, 0.1) is 5.82 Å². The molecule has 2 aromatic carbocycles. The number of hydrogen-bond acceptors (Lipinski definition) is 3. The van der Waals surface area contributed by atoms with Gasteiger partial charge in [0, 0.05) is 5.69 Å². The summed E-state index contributed by atoms with van der Waals surface area (Å²) in [7, 11) is -4.19. The molecule has 0 atom stereocenters. The molecule has 0 unspecified atom stereocenters. The minimum absolute atomic E-state index is 0.0161. The Morgan fingerprint density at radius 1 is 1.10 bits per heavy atom. The maximum absolute atomic E-state index is 13.6. The van der Waals surface area contributed by atoms with Gasteiger partial charge in [0.2, 0.25) is 0 Å². The molecule has 0 fully saturated rings. The largest absolute Gasteiger partial charge is 0.399 e. The summed E-state index contributed by atoms with van der Waals surface area (Å²) in [6.07, 6.45) is 0. The van der Waals surface area contributed by atoms with Crippen LogP contribution in [0.2, 0.25) is 10.0 Å². The van der Waals surface area contributed by atoms with Gasteiger partial charge in [0.1, 0.15) is 10.7 Å². The highest BCUT2D eigenvalue weighted by Crippen LogP contribution is 2.32. The Labute approximate surface area is 125 Å². The van der Waals surface area contributed by atoms with E-state index in [-0.39, 0.29) is 21.4 Å². The molecule has 4 nitrogen and oxygen atoms in total. The summed E-state index contributed by atoms with van der Waals surface area (Å²) in [5.74, 6) is -0.921. The van der Waals surface area contributed by atoms with Gasteiger partial charge >= 0.3 is 0 Å². The fourth-order valence-corrected chi connectivity index (χ4v) is 3.33. The van der Waals surface area contributed by atoms with Gasteiger partial charge in [-0.1, -0.05) is 29.3 Å². The van der Waals surface area contributed by atoms with Gasteiger partial charge in [0.15, 0.2) is 0 Å². The first-order valence-electron chi connectivity index (χ1n) is 5.33. The van der Waals surface area contributed by atoms with Gasteiger partial charge in [-0.15, -0.1) is 0 Å².